The van der Waals surface area contributed by atoms with Crippen molar-refractivity contribution >= 4 is 27.0 Å². The third-order valence-electron chi connectivity index (χ3n) is 4.20. The fourth-order valence-electron chi connectivity index (χ4n) is 2.61. The molecule has 148 valence electrons. The minimum atomic E-state index is -5.01. The molecule has 1 N–H and O–H groups in total. The number of benzene rings is 2. The summed E-state index contributed by atoms with van der Waals surface area (Å²) in [6, 6.07) is 12.2. The summed E-state index contributed by atoms with van der Waals surface area (Å²) in [5.74, 6) is 0. The number of hydrogen-bond acceptors (Lipinski definition) is 5. The molecule has 1 atom stereocenters. The van der Waals surface area contributed by atoms with Gasteiger partial charge in [0, 0.05) is 18.6 Å². The molecule has 1 aromatic heterocycles. The van der Waals surface area contributed by atoms with E-state index in [2.05, 4.69) is 4.98 Å². The molecule has 0 aliphatic rings. The topological polar surface area (TPSA) is 70.5 Å². The molecule has 0 aliphatic heterocycles. The van der Waals surface area contributed by atoms with E-state index < -0.39 is 32.4 Å². The standard InChI is InChI=1S/C18H15F3N2O3S2/c1-23(28(25,26)15-5-3-2-4-6-15)14-9-7-13(8-10-14)17(24,18(19,20)21)16-22-11-12-27-16/h2-12,24H,1H3. The molecule has 0 radical (unpaired) electrons. The Hall–Kier alpha value is -2.43. The number of nitrogens with zero attached hydrogens (tertiary/aromatic N) is 2. The van der Waals surface area contributed by atoms with Crippen molar-refractivity contribution in [2.75, 3.05) is 11.4 Å². The van der Waals surface area contributed by atoms with Crippen LogP contribution in [0.4, 0.5) is 18.9 Å². The van der Waals surface area contributed by atoms with E-state index in [9.17, 15) is 26.7 Å². The summed E-state index contributed by atoms with van der Waals surface area (Å²) < 4.78 is 67.2. The number of rotatable bonds is 5. The average molecular weight is 428 g/mol. The maximum atomic E-state index is 13.6. The number of thiazole rings is 1. The van der Waals surface area contributed by atoms with Gasteiger partial charge in [0.15, 0.2) is 0 Å². The van der Waals surface area contributed by atoms with Crippen molar-refractivity contribution in [3.8, 4) is 0 Å². The Balaban J connectivity index is 1.99. The lowest BCUT2D eigenvalue weighted by molar-refractivity contribution is -0.248. The molecular weight excluding hydrogens is 413 g/mol. The first-order valence-corrected chi connectivity index (χ1v) is 10.2. The van der Waals surface area contributed by atoms with Crippen LogP contribution in [0.25, 0.3) is 0 Å². The third-order valence-corrected chi connectivity index (χ3v) is 6.88. The predicted octanol–water partition coefficient (Wildman–Crippen LogP) is 3.77. The van der Waals surface area contributed by atoms with Gasteiger partial charge in [0.25, 0.3) is 10.0 Å². The van der Waals surface area contributed by atoms with Gasteiger partial charge >= 0.3 is 6.18 Å². The van der Waals surface area contributed by atoms with Crippen LogP contribution in [0.5, 0.6) is 0 Å². The van der Waals surface area contributed by atoms with Crippen LogP contribution in [0.15, 0.2) is 71.1 Å². The summed E-state index contributed by atoms with van der Waals surface area (Å²) in [4.78, 5) is 3.66. The van der Waals surface area contributed by atoms with Gasteiger partial charge in [-0.05, 0) is 29.8 Å². The molecule has 0 saturated heterocycles. The zero-order valence-corrected chi connectivity index (χ0v) is 16.1. The number of aromatic nitrogens is 1. The lowest BCUT2D eigenvalue weighted by Gasteiger charge is -2.29. The van der Waals surface area contributed by atoms with Crippen LogP contribution < -0.4 is 4.31 Å². The van der Waals surface area contributed by atoms with Crippen molar-refractivity contribution in [1.82, 2.24) is 4.98 Å². The molecule has 0 fully saturated rings. The van der Waals surface area contributed by atoms with Crippen molar-refractivity contribution in [3.63, 3.8) is 0 Å². The van der Waals surface area contributed by atoms with Crippen molar-refractivity contribution in [3.05, 3.63) is 76.7 Å². The normalized spacial score (nSPS) is 14.5. The minimum absolute atomic E-state index is 0.0520. The van der Waals surface area contributed by atoms with E-state index in [1.54, 1.807) is 18.2 Å². The Bertz CT molecular complexity index is 1040. The number of anilines is 1. The zero-order chi connectivity index (χ0) is 20.6. The maximum Gasteiger partial charge on any atom is 0.428 e. The van der Waals surface area contributed by atoms with E-state index in [0.717, 1.165) is 16.4 Å². The summed E-state index contributed by atoms with van der Waals surface area (Å²) in [5, 5.41) is 11.3. The summed E-state index contributed by atoms with van der Waals surface area (Å²) >= 11 is 0.676. The first-order chi connectivity index (χ1) is 13.1. The van der Waals surface area contributed by atoms with Gasteiger partial charge in [-0.1, -0.05) is 30.3 Å². The monoisotopic (exact) mass is 428 g/mol. The molecule has 0 spiro atoms. The largest absolute Gasteiger partial charge is 0.428 e. The Kier molecular flexibility index (Phi) is 5.22. The van der Waals surface area contributed by atoms with Crippen molar-refractivity contribution in [1.29, 1.82) is 0 Å². The number of halogens is 3. The molecule has 0 saturated carbocycles. The van der Waals surface area contributed by atoms with Gasteiger partial charge < -0.3 is 5.11 Å². The molecule has 1 unspecified atom stereocenters. The molecule has 0 aliphatic carbocycles. The first kappa shape index (κ1) is 20.3. The number of sulfonamides is 1. The van der Waals surface area contributed by atoms with Gasteiger partial charge in [0.2, 0.25) is 5.60 Å². The van der Waals surface area contributed by atoms with E-state index in [1.807, 2.05) is 0 Å². The molecule has 3 aromatic rings. The summed E-state index contributed by atoms with van der Waals surface area (Å²) in [7, 11) is -2.57. The Morgan fingerprint density at radius 3 is 2.14 bits per heavy atom. The van der Waals surface area contributed by atoms with Gasteiger partial charge in [-0.2, -0.15) is 13.2 Å². The average Bonchev–Trinajstić information content (AvgIpc) is 3.22. The van der Waals surface area contributed by atoms with E-state index in [-0.39, 0.29) is 10.6 Å². The summed E-state index contributed by atoms with van der Waals surface area (Å²) in [6.07, 6.45) is -3.83. The molecule has 3 rings (SSSR count). The maximum absolute atomic E-state index is 13.6. The van der Waals surface area contributed by atoms with Crippen LogP contribution in [0, 0.1) is 0 Å². The fourth-order valence-corrected chi connectivity index (χ4v) is 4.61. The number of aliphatic hydroxyl groups is 1. The molecule has 10 heteroatoms. The first-order valence-electron chi connectivity index (χ1n) is 7.92. The Morgan fingerprint density at radius 2 is 1.64 bits per heavy atom. The second-order valence-corrected chi connectivity index (χ2v) is 8.74. The highest BCUT2D eigenvalue weighted by atomic mass is 32.2. The van der Waals surface area contributed by atoms with Gasteiger partial charge in [0.05, 0.1) is 10.6 Å². The number of hydrogen-bond donors (Lipinski definition) is 1. The van der Waals surface area contributed by atoms with E-state index in [0.29, 0.717) is 11.3 Å². The minimum Gasteiger partial charge on any atom is -0.370 e. The van der Waals surface area contributed by atoms with Gasteiger partial charge in [-0.15, -0.1) is 11.3 Å². The highest BCUT2D eigenvalue weighted by Gasteiger charge is 2.58. The Labute approximate surface area is 163 Å². The van der Waals surface area contributed by atoms with E-state index in [1.165, 1.54) is 42.9 Å². The molecule has 5 nitrogen and oxygen atoms in total. The van der Waals surface area contributed by atoms with Crippen molar-refractivity contribution in [2.45, 2.75) is 16.7 Å². The number of alkyl halides is 3. The molecular formula is C18H15F3N2O3S2. The smallest absolute Gasteiger partial charge is 0.370 e. The summed E-state index contributed by atoms with van der Waals surface area (Å²) in [5.41, 5.74) is -3.59. The van der Waals surface area contributed by atoms with Crippen LogP contribution in [0.2, 0.25) is 0 Å². The second kappa shape index (κ2) is 7.19. The lowest BCUT2D eigenvalue weighted by atomic mass is 9.93. The van der Waals surface area contributed by atoms with E-state index >= 15 is 0 Å². The van der Waals surface area contributed by atoms with Crippen LogP contribution in [0.1, 0.15) is 10.6 Å². The van der Waals surface area contributed by atoms with Crippen LogP contribution in [-0.4, -0.2) is 31.7 Å². The highest BCUT2D eigenvalue weighted by Crippen LogP contribution is 2.45. The fraction of sp³-hybridized carbons (Fsp3) is 0.167. The van der Waals surface area contributed by atoms with Crippen molar-refractivity contribution < 1.29 is 26.7 Å². The van der Waals surface area contributed by atoms with Gasteiger partial charge in [-0.25, -0.2) is 13.4 Å². The SMILES string of the molecule is CN(c1ccc(C(O)(c2nccs2)C(F)(F)F)cc1)S(=O)(=O)c1ccccc1. The van der Waals surface area contributed by atoms with Crippen LogP contribution in [-0.2, 0) is 15.6 Å². The molecule has 2 aromatic carbocycles. The summed E-state index contributed by atoms with van der Waals surface area (Å²) in [6.45, 7) is 0. The third kappa shape index (κ3) is 3.38. The highest BCUT2D eigenvalue weighted by molar-refractivity contribution is 7.92. The van der Waals surface area contributed by atoms with Crippen LogP contribution in [0.3, 0.4) is 0 Å². The molecule has 1 heterocycles. The molecule has 0 bridgehead atoms. The zero-order valence-electron chi connectivity index (χ0n) is 14.5. The Morgan fingerprint density at radius 1 is 1.04 bits per heavy atom. The van der Waals surface area contributed by atoms with Crippen LogP contribution >= 0.6 is 11.3 Å². The molecule has 0 amide bonds. The predicted molar refractivity (Wildman–Crippen MR) is 99.6 cm³/mol. The quantitative estimate of drug-likeness (QED) is 0.672. The van der Waals surface area contributed by atoms with Gasteiger partial charge in [0.1, 0.15) is 5.01 Å². The van der Waals surface area contributed by atoms with E-state index in [4.69, 9.17) is 0 Å². The molecule has 28 heavy (non-hydrogen) atoms. The van der Waals surface area contributed by atoms with Crippen molar-refractivity contribution in [2.24, 2.45) is 0 Å². The lowest BCUT2D eigenvalue weighted by Crippen LogP contribution is -2.43. The van der Waals surface area contributed by atoms with Gasteiger partial charge in [-0.3, -0.25) is 4.31 Å². The second-order valence-electron chi connectivity index (χ2n) is 5.88.